The van der Waals surface area contributed by atoms with Crippen LogP contribution in [0.1, 0.15) is 12.0 Å². The molecule has 0 aliphatic rings. The fourth-order valence-electron chi connectivity index (χ4n) is 1.74. The highest BCUT2D eigenvalue weighted by Gasteiger charge is 2.02. The Morgan fingerprint density at radius 2 is 1.82 bits per heavy atom. The van der Waals surface area contributed by atoms with Gasteiger partial charge >= 0.3 is 5.97 Å². The van der Waals surface area contributed by atoms with Crippen molar-refractivity contribution in [1.29, 1.82) is 0 Å². The third-order valence-corrected chi connectivity index (χ3v) is 2.52. The molecule has 0 fully saturated rings. The van der Waals surface area contributed by atoms with Crippen LogP contribution in [0.3, 0.4) is 0 Å². The summed E-state index contributed by atoms with van der Waals surface area (Å²) in [7, 11) is 0. The fourth-order valence-corrected chi connectivity index (χ4v) is 1.74. The number of carboxylic acids is 1. The van der Waals surface area contributed by atoms with Gasteiger partial charge in [0.1, 0.15) is 5.75 Å². The number of benzene rings is 2. The molecule has 0 aromatic heterocycles. The topological polar surface area (TPSA) is 57.5 Å². The van der Waals surface area contributed by atoms with Crippen LogP contribution in [0.25, 0.3) is 16.8 Å². The molecule has 0 amide bonds. The molecule has 0 heterocycles. The number of aromatic hydroxyl groups is 1. The molecule has 86 valence electrons. The Labute approximate surface area is 98.6 Å². The molecule has 17 heavy (non-hydrogen) atoms. The number of hydrogen-bond acceptors (Lipinski definition) is 2. The third-order valence-electron chi connectivity index (χ3n) is 2.52. The van der Waals surface area contributed by atoms with Crippen LogP contribution in [-0.4, -0.2) is 16.2 Å². The van der Waals surface area contributed by atoms with Gasteiger partial charge in [0.2, 0.25) is 0 Å². The maximum absolute atomic E-state index is 10.4. The Morgan fingerprint density at radius 3 is 2.53 bits per heavy atom. The summed E-state index contributed by atoms with van der Waals surface area (Å²) in [6, 6.07) is 10.9. The molecule has 0 aliphatic carbocycles. The maximum atomic E-state index is 10.4. The third kappa shape index (κ3) is 2.45. The fraction of sp³-hybridized carbons (Fsp3) is 0.0714. The van der Waals surface area contributed by atoms with Gasteiger partial charge in [0.25, 0.3) is 0 Å². The minimum Gasteiger partial charge on any atom is -0.507 e. The van der Waals surface area contributed by atoms with Crippen molar-refractivity contribution in [2.75, 3.05) is 0 Å². The van der Waals surface area contributed by atoms with Crippen LogP contribution in [0.4, 0.5) is 0 Å². The van der Waals surface area contributed by atoms with Crippen molar-refractivity contribution in [2.45, 2.75) is 6.42 Å². The predicted molar refractivity (Wildman–Crippen MR) is 66.9 cm³/mol. The lowest BCUT2D eigenvalue weighted by Gasteiger charge is -2.04. The second kappa shape index (κ2) is 4.70. The molecule has 0 radical (unpaired) electrons. The molecule has 3 nitrogen and oxygen atoms in total. The highest BCUT2D eigenvalue weighted by Crippen LogP contribution is 2.28. The summed E-state index contributed by atoms with van der Waals surface area (Å²) in [4.78, 5) is 10.4. The van der Waals surface area contributed by atoms with Gasteiger partial charge in [-0.05, 0) is 17.0 Å². The van der Waals surface area contributed by atoms with Gasteiger partial charge in [0, 0.05) is 5.39 Å². The molecular formula is C14H12O3. The molecule has 0 atom stereocenters. The number of hydrogen-bond donors (Lipinski definition) is 2. The van der Waals surface area contributed by atoms with Gasteiger partial charge in [0.05, 0.1) is 6.42 Å². The zero-order valence-corrected chi connectivity index (χ0v) is 9.13. The van der Waals surface area contributed by atoms with Crippen molar-refractivity contribution >= 4 is 22.8 Å². The molecule has 0 spiro atoms. The van der Waals surface area contributed by atoms with Crippen molar-refractivity contribution in [1.82, 2.24) is 0 Å². The average molecular weight is 228 g/mol. The molecule has 2 N–H and O–H groups in total. The Balaban J connectivity index is 2.45. The van der Waals surface area contributed by atoms with E-state index < -0.39 is 5.97 Å². The standard InChI is InChI=1S/C14H12O3/c15-13-9-8-10(4-3-7-14(16)17)11-5-1-2-6-12(11)13/h1-6,8-9,15H,7H2,(H,16,17). The summed E-state index contributed by atoms with van der Waals surface area (Å²) in [5, 5.41) is 19.9. The number of rotatable bonds is 3. The average Bonchev–Trinajstić information content (AvgIpc) is 2.32. The van der Waals surface area contributed by atoms with Crippen molar-refractivity contribution in [2.24, 2.45) is 0 Å². The van der Waals surface area contributed by atoms with E-state index in [9.17, 15) is 9.90 Å². The van der Waals surface area contributed by atoms with Gasteiger partial charge in [-0.2, -0.15) is 0 Å². The van der Waals surface area contributed by atoms with Crippen LogP contribution in [0.15, 0.2) is 42.5 Å². The second-order valence-corrected chi connectivity index (χ2v) is 3.72. The Hall–Kier alpha value is -2.29. The normalized spacial score (nSPS) is 11.1. The molecule has 0 bridgehead atoms. The van der Waals surface area contributed by atoms with E-state index in [1.165, 1.54) is 0 Å². The summed E-state index contributed by atoms with van der Waals surface area (Å²) >= 11 is 0. The molecule has 3 heteroatoms. The first kappa shape index (κ1) is 11.2. The summed E-state index contributed by atoms with van der Waals surface area (Å²) in [5.41, 5.74) is 0.902. The number of aliphatic carboxylic acids is 1. The highest BCUT2D eigenvalue weighted by molar-refractivity contribution is 5.94. The minimum atomic E-state index is -0.857. The van der Waals surface area contributed by atoms with E-state index in [2.05, 4.69) is 0 Å². The Morgan fingerprint density at radius 1 is 1.12 bits per heavy atom. The van der Waals surface area contributed by atoms with Crippen LogP contribution >= 0.6 is 0 Å². The van der Waals surface area contributed by atoms with E-state index in [1.54, 1.807) is 24.3 Å². The van der Waals surface area contributed by atoms with Gasteiger partial charge in [0.15, 0.2) is 0 Å². The van der Waals surface area contributed by atoms with Gasteiger partial charge in [-0.1, -0.05) is 42.5 Å². The molecular weight excluding hydrogens is 216 g/mol. The number of phenols is 1. The smallest absolute Gasteiger partial charge is 0.307 e. The van der Waals surface area contributed by atoms with E-state index in [0.29, 0.717) is 0 Å². The number of carbonyl (C=O) groups is 1. The predicted octanol–water partition coefficient (Wildman–Crippen LogP) is 3.03. The van der Waals surface area contributed by atoms with Crippen molar-refractivity contribution < 1.29 is 15.0 Å². The molecule has 2 aromatic carbocycles. The lowest BCUT2D eigenvalue weighted by atomic mass is 10.0. The molecule has 2 rings (SSSR count). The summed E-state index contributed by atoms with van der Waals surface area (Å²) < 4.78 is 0. The molecule has 2 aromatic rings. The van der Waals surface area contributed by atoms with Crippen LogP contribution in [0, 0.1) is 0 Å². The zero-order valence-electron chi connectivity index (χ0n) is 9.13. The van der Waals surface area contributed by atoms with Crippen LogP contribution < -0.4 is 0 Å². The zero-order chi connectivity index (χ0) is 12.3. The van der Waals surface area contributed by atoms with E-state index in [0.717, 1.165) is 16.3 Å². The number of carboxylic acid groups (broad SMARTS) is 1. The van der Waals surface area contributed by atoms with E-state index in [-0.39, 0.29) is 12.2 Å². The quantitative estimate of drug-likeness (QED) is 0.848. The lowest BCUT2D eigenvalue weighted by Crippen LogP contribution is -1.89. The van der Waals surface area contributed by atoms with E-state index in [1.807, 2.05) is 24.3 Å². The van der Waals surface area contributed by atoms with Gasteiger partial charge in [-0.25, -0.2) is 0 Å². The number of phenolic OH excluding ortho intramolecular Hbond substituents is 1. The Bertz CT molecular complexity index is 585. The van der Waals surface area contributed by atoms with Gasteiger partial charge in [-0.3, -0.25) is 4.79 Å². The maximum Gasteiger partial charge on any atom is 0.307 e. The molecule has 0 unspecified atom stereocenters. The summed E-state index contributed by atoms with van der Waals surface area (Å²) in [6.07, 6.45) is 3.35. The number of fused-ring (bicyclic) bond motifs is 1. The molecule has 0 saturated carbocycles. The SMILES string of the molecule is O=C(O)CC=Cc1ccc(O)c2ccccc12. The van der Waals surface area contributed by atoms with E-state index >= 15 is 0 Å². The summed E-state index contributed by atoms with van der Waals surface area (Å²) in [5.74, 6) is -0.625. The molecule has 0 saturated heterocycles. The lowest BCUT2D eigenvalue weighted by molar-refractivity contribution is -0.135. The van der Waals surface area contributed by atoms with Gasteiger partial charge in [-0.15, -0.1) is 0 Å². The molecule has 0 aliphatic heterocycles. The Kier molecular flexibility index (Phi) is 3.10. The highest BCUT2D eigenvalue weighted by atomic mass is 16.4. The monoisotopic (exact) mass is 228 g/mol. The van der Waals surface area contributed by atoms with Crippen LogP contribution in [-0.2, 0) is 4.79 Å². The largest absolute Gasteiger partial charge is 0.507 e. The minimum absolute atomic E-state index is 0.00476. The first-order valence-electron chi connectivity index (χ1n) is 5.27. The van der Waals surface area contributed by atoms with Crippen molar-refractivity contribution in [3.63, 3.8) is 0 Å². The summed E-state index contributed by atoms with van der Waals surface area (Å²) in [6.45, 7) is 0. The van der Waals surface area contributed by atoms with Crippen molar-refractivity contribution in [3.05, 3.63) is 48.0 Å². The van der Waals surface area contributed by atoms with Crippen molar-refractivity contribution in [3.8, 4) is 5.75 Å². The second-order valence-electron chi connectivity index (χ2n) is 3.72. The van der Waals surface area contributed by atoms with Crippen LogP contribution in [0.5, 0.6) is 5.75 Å². The van der Waals surface area contributed by atoms with E-state index in [4.69, 9.17) is 5.11 Å². The first-order valence-corrected chi connectivity index (χ1v) is 5.27. The van der Waals surface area contributed by atoms with Crippen LogP contribution in [0.2, 0.25) is 0 Å². The van der Waals surface area contributed by atoms with Gasteiger partial charge < -0.3 is 10.2 Å². The first-order chi connectivity index (χ1) is 8.18.